The molecule has 7 nitrogen and oxygen atoms in total. The summed E-state index contributed by atoms with van der Waals surface area (Å²) in [6.45, 7) is 5.08. The molecule has 0 amide bonds. The molecule has 0 unspecified atom stereocenters. The maximum Gasteiger partial charge on any atom is 0.179 e. The van der Waals surface area contributed by atoms with Gasteiger partial charge >= 0.3 is 0 Å². The summed E-state index contributed by atoms with van der Waals surface area (Å²) in [6.07, 6.45) is 5.97. The minimum atomic E-state index is -0.661. The number of morpholine rings is 1. The molecule has 1 aromatic heterocycles. The van der Waals surface area contributed by atoms with E-state index in [0.717, 1.165) is 67.1 Å². The largest absolute Gasteiger partial charge is 0.379 e. The zero-order chi connectivity index (χ0) is 20.8. The SMILES string of the molecule is Cl.Clc1ccc2c(c1)CC1(Cc3nnc([C@H]4CC[C@H](N5CCOCC5)CC4)n3-2)OCCO1. The lowest BCUT2D eigenvalue weighted by Gasteiger charge is -2.38. The molecular weight excluding hydrogens is 451 g/mol. The zero-order valence-corrected chi connectivity index (χ0v) is 19.7. The van der Waals surface area contributed by atoms with E-state index in [-0.39, 0.29) is 12.4 Å². The molecule has 0 bridgehead atoms. The molecular formula is C23H30Cl2N4O3. The number of fused-ring (bicyclic) bond motifs is 3. The lowest BCUT2D eigenvalue weighted by Crippen LogP contribution is -2.44. The van der Waals surface area contributed by atoms with Crippen LogP contribution in [0.5, 0.6) is 0 Å². The highest BCUT2D eigenvalue weighted by molar-refractivity contribution is 6.30. The minimum absolute atomic E-state index is 0. The fourth-order valence-corrected chi connectivity index (χ4v) is 6.02. The number of rotatable bonds is 2. The van der Waals surface area contributed by atoms with Gasteiger partial charge in [0, 0.05) is 36.5 Å². The Hall–Kier alpha value is -1.22. The van der Waals surface area contributed by atoms with Crippen LogP contribution in [-0.4, -0.2) is 71.0 Å². The first kappa shape index (κ1) is 22.6. The zero-order valence-electron chi connectivity index (χ0n) is 18.2. The van der Waals surface area contributed by atoms with Crippen LogP contribution in [0.1, 0.15) is 48.8 Å². The van der Waals surface area contributed by atoms with Crippen LogP contribution in [-0.2, 0) is 27.1 Å². The third-order valence-electron chi connectivity index (χ3n) is 7.36. The molecule has 0 atom stereocenters. The quantitative estimate of drug-likeness (QED) is 0.654. The van der Waals surface area contributed by atoms with E-state index in [1.807, 2.05) is 12.1 Å². The van der Waals surface area contributed by atoms with Crippen molar-refractivity contribution in [3.8, 4) is 5.69 Å². The Morgan fingerprint density at radius 2 is 1.69 bits per heavy atom. The van der Waals surface area contributed by atoms with Crippen molar-refractivity contribution >= 4 is 24.0 Å². The van der Waals surface area contributed by atoms with Crippen molar-refractivity contribution in [1.82, 2.24) is 19.7 Å². The van der Waals surface area contributed by atoms with E-state index in [1.54, 1.807) is 0 Å². The Kier molecular flexibility index (Phi) is 6.49. The third kappa shape index (κ3) is 4.08. The van der Waals surface area contributed by atoms with Gasteiger partial charge in [-0.3, -0.25) is 9.47 Å². The predicted octanol–water partition coefficient (Wildman–Crippen LogP) is 3.54. The summed E-state index contributed by atoms with van der Waals surface area (Å²) in [5.41, 5.74) is 2.25. The third-order valence-corrected chi connectivity index (χ3v) is 7.60. The molecule has 6 rings (SSSR count). The smallest absolute Gasteiger partial charge is 0.179 e. The van der Waals surface area contributed by atoms with Crippen molar-refractivity contribution in [3.63, 3.8) is 0 Å². The predicted molar refractivity (Wildman–Crippen MR) is 123 cm³/mol. The van der Waals surface area contributed by atoms with Crippen molar-refractivity contribution in [2.75, 3.05) is 39.5 Å². The number of ether oxygens (including phenoxy) is 3. The van der Waals surface area contributed by atoms with Gasteiger partial charge in [0.1, 0.15) is 11.6 Å². The van der Waals surface area contributed by atoms with Gasteiger partial charge in [-0.05, 0) is 49.4 Å². The molecule has 1 aliphatic carbocycles. The van der Waals surface area contributed by atoms with E-state index in [1.165, 1.54) is 12.8 Å². The Labute approximate surface area is 199 Å². The lowest BCUT2D eigenvalue weighted by atomic mass is 9.84. The highest BCUT2D eigenvalue weighted by Gasteiger charge is 2.43. The average molecular weight is 481 g/mol. The normalized spacial score (nSPS) is 27.4. The Bertz CT molecular complexity index is 949. The highest BCUT2D eigenvalue weighted by Crippen LogP contribution is 2.40. The minimum Gasteiger partial charge on any atom is -0.379 e. The molecule has 32 heavy (non-hydrogen) atoms. The molecule has 174 valence electrons. The van der Waals surface area contributed by atoms with Crippen LogP contribution in [0.25, 0.3) is 5.69 Å². The molecule has 1 saturated carbocycles. The molecule has 1 spiro atoms. The van der Waals surface area contributed by atoms with Gasteiger partial charge < -0.3 is 14.2 Å². The number of hydrogen-bond donors (Lipinski definition) is 0. The van der Waals surface area contributed by atoms with Gasteiger partial charge in [0.05, 0.1) is 38.5 Å². The molecule has 1 aromatic carbocycles. The number of hydrogen-bond acceptors (Lipinski definition) is 6. The van der Waals surface area contributed by atoms with Gasteiger partial charge in [0.15, 0.2) is 5.79 Å². The van der Waals surface area contributed by atoms with Crippen LogP contribution in [0.2, 0.25) is 5.02 Å². The molecule has 2 saturated heterocycles. The molecule has 4 heterocycles. The van der Waals surface area contributed by atoms with Crippen LogP contribution < -0.4 is 0 Å². The first-order chi connectivity index (χ1) is 15.2. The second-order valence-corrected chi connectivity index (χ2v) is 9.63. The van der Waals surface area contributed by atoms with Crippen molar-refractivity contribution in [1.29, 1.82) is 0 Å². The van der Waals surface area contributed by atoms with E-state index in [9.17, 15) is 0 Å². The van der Waals surface area contributed by atoms with Gasteiger partial charge in [0.25, 0.3) is 0 Å². The summed E-state index contributed by atoms with van der Waals surface area (Å²) in [7, 11) is 0. The summed E-state index contributed by atoms with van der Waals surface area (Å²) in [6, 6.07) is 6.76. The van der Waals surface area contributed by atoms with Crippen molar-refractivity contribution < 1.29 is 14.2 Å². The van der Waals surface area contributed by atoms with E-state index >= 15 is 0 Å². The molecule has 2 aromatic rings. The first-order valence-corrected chi connectivity index (χ1v) is 11.9. The average Bonchev–Trinajstić information content (AvgIpc) is 3.39. The van der Waals surface area contributed by atoms with E-state index in [4.69, 9.17) is 30.9 Å². The number of halogens is 2. The van der Waals surface area contributed by atoms with Gasteiger partial charge in [-0.25, -0.2) is 0 Å². The van der Waals surface area contributed by atoms with E-state index in [0.29, 0.717) is 38.0 Å². The summed E-state index contributed by atoms with van der Waals surface area (Å²) in [5, 5.41) is 10.1. The van der Waals surface area contributed by atoms with Gasteiger partial charge in [-0.15, -0.1) is 22.6 Å². The Balaban J connectivity index is 0.00000216. The summed E-state index contributed by atoms with van der Waals surface area (Å²) in [5.74, 6) is 1.76. The first-order valence-electron chi connectivity index (χ1n) is 11.5. The molecule has 3 fully saturated rings. The van der Waals surface area contributed by atoms with Gasteiger partial charge in [-0.2, -0.15) is 0 Å². The second kappa shape index (κ2) is 9.20. The Morgan fingerprint density at radius 1 is 0.938 bits per heavy atom. The second-order valence-electron chi connectivity index (χ2n) is 9.20. The number of benzene rings is 1. The fourth-order valence-electron chi connectivity index (χ4n) is 5.82. The van der Waals surface area contributed by atoms with Crippen LogP contribution in [0, 0.1) is 0 Å². The van der Waals surface area contributed by atoms with Crippen molar-refractivity contribution in [2.45, 2.75) is 56.3 Å². The summed E-state index contributed by atoms with van der Waals surface area (Å²) >= 11 is 6.37. The maximum absolute atomic E-state index is 6.37. The Morgan fingerprint density at radius 3 is 2.44 bits per heavy atom. The molecule has 0 N–H and O–H groups in total. The number of nitrogens with zero attached hydrogens (tertiary/aromatic N) is 4. The topological polar surface area (TPSA) is 61.6 Å². The molecule has 3 aliphatic heterocycles. The molecule has 4 aliphatic rings. The summed E-state index contributed by atoms with van der Waals surface area (Å²) < 4.78 is 20.0. The monoisotopic (exact) mass is 480 g/mol. The van der Waals surface area contributed by atoms with Gasteiger partial charge in [-0.1, -0.05) is 11.6 Å². The lowest BCUT2D eigenvalue weighted by molar-refractivity contribution is -0.155. The molecule has 9 heteroatoms. The maximum atomic E-state index is 6.37. The summed E-state index contributed by atoms with van der Waals surface area (Å²) in [4.78, 5) is 2.61. The van der Waals surface area contributed by atoms with E-state index in [2.05, 4.69) is 20.6 Å². The van der Waals surface area contributed by atoms with Crippen molar-refractivity contribution in [2.24, 2.45) is 0 Å². The number of aromatic nitrogens is 3. The molecule has 0 radical (unpaired) electrons. The fraction of sp³-hybridized carbons (Fsp3) is 0.652. The van der Waals surface area contributed by atoms with Gasteiger partial charge in [0.2, 0.25) is 0 Å². The van der Waals surface area contributed by atoms with Crippen LogP contribution in [0.15, 0.2) is 18.2 Å². The highest BCUT2D eigenvalue weighted by atomic mass is 35.5. The van der Waals surface area contributed by atoms with Crippen LogP contribution in [0.4, 0.5) is 0 Å². The van der Waals surface area contributed by atoms with E-state index < -0.39 is 5.79 Å². The standard InChI is InChI=1S/C23H29ClN4O3.ClH/c24-18-3-6-20-17(13-18)14-23(30-11-12-31-23)15-21-25-26-22(28(20)21)16-1-4-19(5-2-16)27-7-9-29-10-8-27;/h3,6,13,16,19H,1-2,4-5,7-12,14-15H2;1H/t16-,19-;. The van der Waals surface area contributed by atoms with Crippen LogP contribution >= 0.6 is 24.0 Å². The van der Waals surface area contributed by atoms with Crippen LogP contribution in [0.3, 0.4) is 0 Å². The van der Waals surface area contributed by atoms with Crippen molar-refractivity contribution in [3.05, 3.63) is 40.4 Å².